The maximum Gasteiger partial charge on any atom is 0.195 e. The van der Waals surface area contributed by atoms with E-state index in [0.29, 0.717) is 13.2 Å². The zero-order chi connectivity index (χ0) is 16.0. The summed E-state index contributed by atoms with van der Waals surface area (Å²) >= 11 is 0. The molecule has 4 nitrogen and oxygen atoms in total. The van der Waals surface area contributed by atoms with Crippen molar-refractivity contribution < 1.29 is 4.74 Å². The quantitative estimate of drug-likeness (QED) is 0.485. The molecular formula is C17H29N3O. The Bertz CT molecular complexity index is 446. The summed E-state index contributed by atoms with van der Waals surface area (Å²) in [5.74, 6) is 1.84. The molecule has 0 aliphatic heterocycles. The fourth-order valence-corrected chi connectivity index (χ4v) is 2.04. The molecule has 0 bridgehead atoms. The van der Waals surface area contributed by atoms with Crippen molar-refractivity contribution in [3.63, 3.8) is 0 Å². The Hall–Kier alpha value is -1.71. The Balaban J connectivity index is 2.51. The molecule has 0 heterocycles. The zero-order valence-corrected chi connectivity index (χ0v) is 14.5. The molecule has 1 aromatic carbocycles. The number of nitrogens with zero attached hydrogens (tertiary/aromatic N) is 3. The van der Waals surface area contributed by atoms with Gasteiger partial charge in [-0.05, 0) is 23.1 Å². The number of hydrogen-bond acceptors (Lipinski definition) is 2. The third kappa shape index (κ3) is 5.66. The summed E-state index contributed by atoms with van der Waals surface area (Å²) < 4.78 is 5.74. The maximum atomic E-state index is 5.74. The molecule has 118 valence electrons. The first kappa shape index (κ1) is 17.3. The van der Waals surface area contributed by atoms with Crippen LogP contribution < -0.4 is 4.74 Å². The summed E-state index contributed by atoms with van der Waals surface area (Å²) in [4.78, 5) is 8.53. The normalized spacial score (nSPS) is 11.0. The summed E-state index contributed by atoms with van der Waals surface area (Å²) in [6.07, 6.45) is 0. The van der Waals surface area contributed by atoms with Gasteiger partial charge in [-0.3, -0.25) is 0 Å². The number of guanidine groups is 1. The van der Waals surface area contributed by atoms with E-state index in [4.69, 9.17) is 4.74 Å². The van der Waals surface area contributed by atoms with Gasteiger partial charge < -0.3 is 14.5 Å². The van der Waals surface area contributed by atoms with Crippen LogP contribution in [0.5, 0.6) is 5.75 Å². The molecule has 0 radical (unpaired) electrons. The van der Waals surface area contributed by atoms with Crippen LogP contribution in [0.4, 0.5) is 0 Å². The molecule has 0 saturated carbocycles. The van der Waals surface area contributed by atoms with Gasteiger partial charge in [-0.15, -0.1) is 0 Å². The molecule has 4 heteroatoms. The molecule has 0 aliphatic carbocycles. The minimum Gasteiger partial charge on any atom is -0.492 e. The SMILES string of the molecule is CN(C)C(=NCCOc1ccc(C(C)(C)C)cc1)N(C)C. The highest BCUT2D eigenvalue weighted by Crippen LogP contribution is 2.24. The van der Waals surface area contributed by atoms with Gasteiger partial charge in [-0.2, -0.15) is 0 Å². The standard InChI is InChI=1S/C17H29N3O/c1-17(2,3)14-8-10-15(11-9-14)21-13-12-18-16(19(4)5)20(6)7/h8-11H,12-13H2,1-7H3. The van der Waals surface area contributed by atoms with Crippen molar-refractivity contribution in [2.75, 3.05) is 41.3 Å². The molecule has 0 aromatic heterocycles. The minimum atomic E-state index is 0.176. The first-order valence-corrected chi connectivity index (χ1v) is 7.34. The second-order valence-electron chi connectivity index (χ2n) is 6.59. The molecule has 1 aromatic rings. The lowest BCUT2D eigenvalue weighted by Crippen LogP contribution is -2.35. The number of benzene rings is 1. The van der Waals surface area contributed by atoms with E-state index in [2.05, 4.69) is 37.9 Å². The first-order valence-electron chi connectivity index (χ1n) is 7.34. The van der Waals surface area contributed by atoms with Gasteiger partial charge in [0.2, 0.25) is 0 Å². The van der Waals surface area contributed by atoms with Crippen LogP contribution in [0, 0.1) is 0 Å². The largest absolute Gasteiger partial charge is 0.492 e. The Kier molecular flexibility index (Phi) is 6.06. The molecule has 0 atom stereocenters. The zero-order valence-electron chi connectivity index (χ0n) is 14.5. The van der Waals surface area contributed by atoms with Crippen LogP contribution in [-0.2, 0) is 5.41 Å². The molecule has 0 aliphatic rings. The second-order valence-corrected chi connectivity index (χ2v) is 6.59. The summed E-state index contributed by atoms with van der Waals surface area (Å²) in [5.41, 5.74) is 1.49. The molecule has 0 fully saturated rings. The van der Waals surface area contributed by atoms with E-state index >= 15 is 0 Å². The highest BCUT2D eigenvalue weighted by atomic mass is 16.5. The summed E-state index contributed by atoms with van der Waals surface area (Å²) in [7, 11) is 7.96. The first-order chi connectivity index (χ1) is 9.71. The Morgan fingerprint density at radius 3 is 1.95 bits per heavy atom. The van der Waals surface area contributed by atoms with Crippen LogP contribution in [-0.4, -0.2) is 57.1 Å². The third-order valence-corrected chi connectivity index (χ3v) is 3.13. The summed E-state index contributed by atoms with van der Waals surface area (Å²) in [6, 6.07) is 8.32. The van der Waals surface area contributed by atoms with Crippen molar-refractivity contribution in [1.29, 1.82) is 0 Å². The fraction of sp³-hybridized carbons (Fsp3) is 0.588. The highest BCUT2D eigenvalue weighted by Gasteiger charge is 2.12. The average Bonchev–Trinajstić information content (AvgIpc) is 2.37. The minimum absolute atomic E-state index is 0.176. The van der Waals surface area contributed by atoms with Gasteiger partial charge in [0.25, 0.3) is 0 Å². The third-order valence-electron chi connectivity index (χ3n) is 3.13. The number of rotatable bonds is 4. The Morgan fingerprint density at radius 1 is 1.00 bits per heavy atom. The van der Waals surface area contributed by atoms with Crippen molar-refractivity contribution in [3.05, 3.63) is 29.8 Å². The van der Waals surface area contributed by atoms with Crippen molar-refractivity contribution in [2.45, 2.75) is 26.2 Å². The molecule has 0 saturated heterocycles. The average molecular weight is 291 g/mol. The van der Waals surface area contributed by atoms with Crippen LogP contribution >= 0.6 is 0 Å². The highest BCUT2D eigenvalue weighted by molar-refractivity contribution is 5.79. The van der Waals surface area contributed by atoms with Gasteiger partial charge in [0, 0.05) is 28.2 Å². The molecular weight excluding hydrogens is 262 g/mol. The van der Waals surface area contributed by atoms with Crippen LogP contribution in [0.1, 0.15) is 26.3 Å². The van der Waals surface area contributed by atoms with Crippen molar-refractivity contribution in [1.82, 2.24) is 9.80 Å². The van der Waals surface area contributed by atoms with Gasteiger partial charge in [0.15, 0.2) is 5.96 Å². The van der Waals surface area contributed by atoms with Gasteiger partial charge in [-0.1, -0.05) is 32.9 Å². The molecule has 0 amide bonds. The van der Waals surface area contributed by atoms with Crippen molar-refractivity contribution in [3.8, 4) is 5.75 Å². The monoisotopic (exact) mass is 291 g/mol. The molecule has 0 spiro atoms. The van der Waals surface area contributed by atoms with Crippen LogP contribution in [0.3, 0.4) is 0 Å². The summed E-state index contributed by atoms with van der Waals surface area (Å²) in [6.45, 7) is 7.86. The Labute approximate surface area is 129 Å². The van der Waals surface area contributed by atoms with Crippen molar-refractivity contribution in [2.24, 2.45) is 4.99 Å². The van der Waals surface area contributed by atoms with Crippen LogP contribution in [0.15, 0.2) is 29.3 Å². The molecule has 0 N–H and O–H groups in total. The predicted molar refractivity (Wildman–Crippen MR) is 90.3 cm³/mol. The van der Waals surface area contributed by atoms with E-state index in [0.717, 1.165) is 11.7 Å². The van der Waals surface area contributed by atoms with E-state index in [9.17, 15) is 0 Å². The topological polar surface area (TPSA) is 28.1 Å². The van der Waals surface area contributed by atoms with Crippen molar-refractivity contribution >= 4 is 5.96 Å². The molecule has 1 rings (SSSR count). The number of aliphatic imine (C=N–C) groups is 1. The van der Waals surface area contributed by atoms with E-state index in [1.54, 1.807) is 0 Å². The van der Waals surface area contributed by atoms with E-state index in [-0.39, 0.29) is 5.41 Å². The van der Waals surface area contributed by atoms with Crippen LogP contribution in [0.25, 0.3) is 0 Å². The van der Waals surface area contributed by atoms with Gasteiger partial charge in [-0.25, -0.2) is 4.99 Å². The van der Waals surface area contributed by atoms with Gasteiger partial charge >= 0.3 is 0 Å². The maximum absolute atomic E-state index is 5.74. The van der Waals surface area contributed by atoms with E-state index in [1.165, 1.54) is 5.56 Å². The lowest BCUT2D eigenvalue weighted by molar-refractivity contribution is 0.326. The van der Waals surface area contributed by atoms with Crippen LogP contribution in [0.2, 0.25) is 0 Å². The Morgan fingerprint density at radius 2 is 1.52 bits per heavy atom. The number of ether oxygens (including phenoxy) is 1. The lowest BCUT2D eigenvalue weighted by atomic mass is 9.87. The summed E-state index contributed by atoms with van der Waals surface area (Å²) in [5, 5.41) is 0. The van der Waals surface area contributed by atoms with Gasteiger partial charge in [0.1, 0.15) is 12.4 Å². The number of hydrogen-bond donors (Lipinski definition) is 0. The second kappa shape index (κ2) is 7.34. The predicted octanol–water partition coefficient (Wildman–Crippen LogP) is 2.84. The molecule has 21 heavy (non-hydrogen) atoms. The lowest BCUT2D eigenvalue weighted by Gasteiger charge is -2.22. The van der Waals surface area contributed by atoms with E-state index in [1.807, 2.05) is 50.1 Å². The molecule has 0 unspecified atom stereocenters. The van der Waals surface area contributed by atoms with E-state index < -0.39 is 0 Å². The smallest absolute Gasteiger partial charge is 0.195 e. The van der Waals surface area contributed by atoms with Gasteiger partial charge in [0.05, 0.1) is 6.54 Å². The fourth-order valence-electron chi connectivity index (χ4n) is 2.04.